The van der Waals surface area contributed by atoms with Crippen LogP contribution in [0.25, 0.3) is 0 Å². The molecule has 0 radical (unpaired) electrons. The minimum Gasteiger partial charge on any atom is -0.490 e. The molecule has 0 saturated carbocycles. The van der Waals surface area contributed by atoms with E-state index in [4.69, 9.17) is 19.3 Å². The minimum atomic E-state index is -0.322. The van der Waals surface area contributed by atoms with Gasteiger partial charge in [-0.2, -0.15) is 5.10 Å². The molecule has 3 aromatic rings. The molecule has 5 rings (SSSR count). The van der Waals surface area contributed by atoms with E-state index in [1.165, 1.54) is 10.4 Å². The number of para-hydroxylation sites is 1. The zero-order valence-corrected chi connectivity index (χ0v) is 17.9. The second-order valence-electron chi connectivity index (χ2n) is 7.20. The molecule has 30 heavy (non-hydrogen) atoms. The summed E-state index contributed by atoms with van der Waals surface area (Å²) in [5.41, 5.74) is 3.29. The fourth-order valence-electron chi connectivity index (χ4n) is 4.07. The summed E-state index contributed by atoms with van der Waals surface area (Å²) in [4.78, 5) is 1.21. The van der Waals surface area contributed by atoms with Crippen molar-refractivity contribution in [2.75, 3.05) is 13.2 Å². The quantitative estimate of drug-likeness (QED) is 0.506. The van der Waals surface area contributed by atoms with Crippen molar-refractivity contribution in [2.45, 2.75) is 32.5 Å². The Hall–Kier alpha value is -2.99. The maximum atomic E-state index is 6.46. The SMILES string of the molecule is CCOc1ccc(C2Oc3ccccc3C3CC(c4cccs4)=NN32)cc1OCC. The van der Waals surface area contributed by atoms with Crippen LogP contribution >= 0.6 is 11.3 Å². The average molecular weight is 421 g/mol. The largest absolute Gasteiger partial charge is 0.490 e. The van der Waals surface area contributed by atoms with Crippen LogP contribution in [0, 0.1) is 0 Å². The van der Waals surface area contributed by atoms with Crippen LogP contribution in [-0.4, -0.2) is 23.9 Å². The molecule has 2 aromatic carbocycles. The highest BCUT2D eigenvalue weighted by Crippen LogP contribution is 2.48. The number of benzene rings is 2. The molecule has 2 atom stereocenters. The third kappa shape index (κ3) is 3.31. The second kappa shape index (κ2) is 8.03. The first-order chi connectivity index (χ1) is 14.8. The number of thiophene rings is 1. The van der Waals surface area contributed by atoms with E-state index in [1.807, 2.05) is 44.2 Å². The summed E-state index contributed by atoms with van der Waals surface area (Å²) in [6.07, 6.45) is 0.546. The Kier molecular flexibility index (Phi) is 5.09. The lowest BCUT2D eigenvalue weighted by Crippen LogP contribution is -2.33. The van der Waals surface area contributed by atoms with E-state index in [9.17, 15) is 0 Å². The van der Waals surface area contributed by atoms with Crippen molar-refractivity contribution in [3.8, 4) is 17.2 Å². The molecule has 0 N–H and O–H groups in total. The molecule has 0 aliphatic carbocycles. The van der Waals surface area contributed by atoms with Crippen LogP contribution in [0.1, 0.15) is 48.5 Å². The maximum Gasteiger partial charge on any atom is 0.214 e. The fraction of sp³-hybridized carbons (Fsp3) is 0.292. The van der Waals surface area contributed by atoms with Crippen LogP contribution in [-0.2, 0) is 0 Å². The van der Waals surface area contributed by atoms with E-state index < -0.39 is 0 Å². The number of nitrogens with zero attached hydrogens (tertiary/aromatic N) is 2. The highest BCUT2D eigenvalue weighted by Gasteiger charge is 2.41. The topological polar surface area (TPSA) is 43.3 Å². The van der Waals surface area contributed by atoms with E-state index >= 15 is 0 Å². The third-order valence-electron chi connectivity index (χ3n) is 5.36. The summed E-state index contributed by atoms with van der Waals surface area (Å²) in [7, 11) is 0. The fourth-order valence-corrected chi connectivity index (χ4v) is 4.79. The molecule has 0 fully saturated rings. The molecule has 2 aliphatic rings. The highest BCUT2D eigenvalue weighted by molar-refractivity contribution is 7.12. The molecular weight excluding hydrogens is 396 g/mol. The summed E-state index contributed by atoms with van der Waals surface area (Å²) >= 11 is 1.73. The first-order valence-electron chi connectivity index (χ1n) is 10.3. The Morgan fingerprint density at radius 1 is 1.03 bits per heavy atom. The smallest absolute Gasteiger partial charge is 0.214 e. The standard InChI is InChI=1S/C24H24N2O3S/c1-3-27-21-12-11-16(14-22(21)28-4-2)24-26-19(17-8-5-6-9-20(17)29-24)15-18(25-26)23-10-7-13-30-23/h5-14,19,24H,3-4,15H2,1-2H3. The van der Waals surface area contributed by atoms with Gasteiger partial charge in [0, 0.05) is 17.5 Å². The molecule has 1 aromatic heterocycles. The lowest BCUT2D eigenvalue weighted by Gasteiger charge is -2.38. The van der Waals surface area contributed by atoms with Crippen molar-refractivity contribution in [3.63, 3.8) is 0 Å². The molecule has 154 valence electrons. The molecule has 6 heteroatoms. The molecule has 5 nitrogen and oxygen atoms in total. The van der Waals surface area contributed by atoms with Crippen molar-refractivity contribution in [1.29, 1.82) is 0 Å². The minimum absolute atomic E-state index is 0.152. The Morgan fingerprint density at radius 2 is 1.87 bits per heavy atom. The van der Waals surface area contributed by atoms with Gasteiger partial charge in [-0.25, -0.2) is 5.01 Å². The number of rotatable bonds is 6. The van der Waals surface area contributed by atoms with E-state index in [-0.39, 0.29) is 12.3 Å². The predicted octanol–water partition coefficient (Wildman–Crippen LogP) is 5.79. The summed E-state index contributed by atoms with van der Waals surface area (Å²) in [5.74, 6) is 2.40. The molecular formula is C24H24N2O3S. The zero-order valence-electron chi connectivity index (χ0n) is 17.1. The van der Waals surface area contributed by atoms with Gasteiger partial charge in [-0.15, -0.1) is 11.3 Å². The van der Waals surface area contributed by atoms with Crippen molar-refractivity contribution in [2.24, 2.45) is 5.10 Å². The van der Waals surface area contributed by atoms with Crippen LogP contribution in [0.2, 0.25) is 0 Å². The summed E-state index contributed by atoms with van der Waals surface area (Å²) in [6.45, 7) is 5.12. The zero-order chi connectivity index (χ0) is 20.5. The molecule has 0 bridgehead atoms. The molecule has 0 saturated heterocycles. The Labute approximate surface area is 180 Å². The number of hydrogen-bond donors (Lipinski definition) is 0. The normalized spacial score (nSPS) is 19.5. The third-order valence-corrected chi connectivity index (χ3v) is 6.28. The van der Waals surface area contributed by atoms with Gasteiger partial charge < -0.3 is 14.2 Å². The number of hydrazone groups is 1. The predicted molar refractivity (Wildman–Crippen MR) is 119 cm³/mol. The van der Waals surface area contributed by atoms with Gasteiger partial charge in [0.25, 0.3) is 0 Å². The monoisotopic (exact) mass is 420 g/mol. The first-order valence-corrected chi connectivity index (χ1v) is 11.2. The van der Waals surface area contributed by atoms with Gasteiger partial charge in [0.05, 0.1) is 29.8 Å². The number of fused-ring (bicyclic) bond motifs is 3. The van der Waals surface area contributed by atoms with E-state index in [0.29, 0.717) is 13.2 Å². The highest BCUT2D eigenvalue weighted by atomic mass is 32.1. The van der Waals surface area contributed by atoms with Gasteiger partial charge in [0.1, 0.15) is 5.75 Å². The molecule has 0 spiro atoms. The van der Waals surface area contributed by atoms with Crippen molar-refractivity contribution < 1.29 is 14.2 Å². The molecule has 2 unspecified atom stereocenters. The number of hydrogen-bond acceptors (Lipinski definition) is 6. The van der Waals surface area contributed by atoms with Crippen LogP contribution in [0.15, 0.2) is 65.1 Å². The van der Waals surface area contributed by atoms with E-state index in [0.717, 1.165) is 34.9 Å². The summed E-state index contributed by atoms with van der Waals surface area (Å²) < 4.78 is 18.0. The van der Waals surface area contributed by atoms with Gasteiger partial charge in [0.2, 0.25) is 6.23 Å². The average Bonchev–Trinajstić information content (AvgIpc) is 3.45. The summed E-state index contributed by atoms with van der Waals surface area (Å²) in [5, 5.41) is 9.20. The van der Waals surface area contributed by atoms with Crippen LogP contribution in [0.5, 0.6) is 17.2 Å². The van der Waals surface area contributed by atoms with Crippen LogP contribution in [0.4, 0.5) is 0 Å². The Bertz CT molecular complexity index is 1060. The lowest BCUT2D eigenvalue weighted by molar-refractivity contribution is -0.0191. The first kappa shape index (κ1) is 19.0. The second-order valence-corrected chi connectivity index (χ2v) is 8.15. The van der Waals surface area contributed by atoms with E-state index in [2.05, 4.69) is 34.7 Å². The molecule has 0 amide bonds. The molecule has 2 aliphatic heterocycles. The van der Waals surface area contributed by atoms with Crippen LogP contribution in [0.3, 0.4) is 0 Å². The molecule has 3 heterocycles. The van der Waals surface area contributed by atoms with Gasteiger partial charge in [-0.3, -0.25) is 0 Å². The van der Waals surface area contributed by atoms with Crippen molar-refractivity contribution >= 4 is 17.0 Å². The van der Waals surface area contributed by atoms with Gasteiger partial charge >= 0.3 is 0 Å². The van der Waals surface area contributed by atoms with Gasteiger partial charge in [0.15, 0.2) is 11.5 Å². The number of ether oxygens (including phenoxy) is 3. The van der Waals surface area contributed by atoms with Crippen molar-refractivity contribution in [3.05, 3.63) is 76.0 Å². The Morgan fingerprint density at radius 3 is 2.67 bits per heavy atom. The van der Waals surface area contributed by atoms with Crippen molar-refractivity contribution in [1.82, 2.24) is 5.01 Å². The van der Waals surface area contributed by atoms with Crippen LogP contribution < -0.4 is 14.2 Å². The van der Waals surface area contributed by atoms with Gasteiger partial charge in [-0.05, 0) is 49.6 Å². The van der Waals surface area contributed by atoms with Gasteiger partial charge in [-0.1, -0.05) is 24.3 Å². The Balaban J connectivity index is 1.56. The summed E-state index contributed by atoms with van der Waals surface area (Å²) in [6, 6.07) is 18.6. The lowest BCUT2D eigenvalue weighted by atomic mass is 9.97. The van der Waals surface area contributed by atoms with E-state index in [1.54, 1.807) is 11.3 Å². The maximum absolute atomic E-state index is 6.46.